The molecular weight excluding hydrogens is 372 g/mol. The van der Waals surface area contributed by atoms with Gasteiger partial charge in [0, 0.05) is 18.7 Å². The van der Waals surface area contributed by atoms with Gasteiger partial charge in [0.1, 0.15) is 23.3 Å². The molecule has 0 spiro atoms. The summed E-state index contributed by atoms with van der Waals surface area (Å²) in [5, 5.41) is 10.9. The molecule has 154 valence electrons. The van der Waals surface area contributed by atoms with Gasteiger partial charge in [0.05, 0.1) is 18.9 Å². The van der Waals surface area contributed by atoms with Crippen LogP contribution in [0, 0.1) is 0 Å². The molecule has 3 rings (SSSR count). The van der Waals surface area contributed by atoms with Crippen LogP contribution < -0.4 is 4.74 Å². The summed E-state index contributed by atoms with van der Waals surface area (Å²) in [6.45, 7) is 6.77. The average molecular weight is 398 g/mol. The first-order chi connectivity index (χ1) is 14.0. The highest BCUT2D eigenvalue weighted by atomic mass is 16.5. The lowest BCUT2D eigenvalue weighted by molar-refractivity contribution is -0.140. The largest absolute Gasteiger partial charge is 0.507 e. The van der Waals surface area contributed by atoms with Gasteiger partial charge in [0.2, 0.25) is 0 Å². The highest BCUT2D eigenvalue weighted by Gasteiger charge is 2.47. The van der Waals surface area contributed by atoms with E-state index in [1.54, 1.807) is 43.5 Å². The Labute approximate surface area is 170 Å². The molecular formula is C22H26N2O5. The van der Waals surface area contributed by atoms with Crippen LogP contribution in [-0.2, 0) is 9.59 Å². The minimum atomic E-state index is -0.761. The van der Waals surface area contributed by atoms with E-state index in [1.165, 1.54) is 11.2 Å². The van der Waals surface area contributed by atoms with Gasteiger partial charge in [-0.15, -0.1) is 0 Å². The maximum atomic E-state index is 12.9. The number of amides is 1. The van der Waals surface area contributed by atoms with E-state index in [-0.39, 0.29) is 11.3 Å². The molecule has 0 radical (unpaired) electrons. The number of ether oxygens (including phenoxy) is 1. The first-order valence-electron chi connectivity index (χ1n) is 9.70. The van der Waals surface area contributed by atoms with Gasteiger partial charge in [-0.3, -0.25) is 9.59 Å². The number of carbonyl (C=O) groups excluding carboxylic acids is 2. The van der Waals surface area contributed by atoms with Crippen LogP contribution in [0.3, 0.4) is 0 Å². The summed E-state index contributed by atoms with van der Waals surface area (Å²) in [6.07, 6.45) is 1.49. The van der Waals surface area contributed by atoms with Crippen molar-refractivity contribution in [3.05, 3.63) is 59.6 Å². The smallest absolute Gasteiger partial charge is 0.295 e. The summed E-state index contributed by atoms with van der Waals surface area (Å²) >= 11 is 0. The Kier molecular flexibility index (Phi) is 6.39. The Balaban J connectivity index is 2.02. The molecule has 29 heavy (non-hydrogen) atoms. The fourth-order valence-electron chi connectivity index (χ4n) is 3.55. The lowest BCUT2D eigenvalue weighted by Gasteiger charge is -2.26. The molecule has 0 aliphatic carbocycles. The van der Waals surface area contributed by atoms with Crippen LogP contribution in [0.15, 0.2) is 52.7 Å². The van der Waals surface area contributed by atoms with E-state index in [4.69, 9.17) is 9.15 Å². The minimum Gasteiger partial charge on any atom is -0.507 e. The molecule has 1 saturated heterocycles. The summed E-state index contributed by atoms with van der Waals surface area (Å²) in [4.78, 5) is 29.3. The van der Waals surface area contributed by atoms with Crippen molar-refractivity contribution in [2.24, 2.45) is 0 Å². The molecule has 2 heterocycles. The fourth-order valence-corrected chi connectivity index (χ4v) is 3.55. The van der Waals surface area contributed by atoms with Crippen LogP contribution in [0.5, 0.6) is 5.75 Å². The maximum absolute atomic E-state index is 12.9. The molecule has 0 unspecified atom stereocenters. The van der Waals surface area contributed by atoms with E-state index in [9.17, 15) is 14.7 Å². The van der Waals surface area contributed by atoms with Crippen molar-refractivity contribution in [1.29, 1.82) is 0 Å². The normalized spacial score (nSPS) is 18.6. The Hall–Kier alpha value is -3.06. The average Bonchev–Trinajstić information content (AvgIpc) is 3.36. The maximum Gasteiger partial charge on any atom is 0.295 e. The van der Waals surface area contributed by atoms with Crippen molar-refractivity contribution < 1.29 is 23.8 Å². The lowest BCUT2D eigenvalue weighted by Crippen LogP contribution is -2.37. The number of likely N-dealkylation sites (N-methyl/N-ethyl adjacent to an activating group) is 1. The van der Waals surface area contributed by atoms with Crippen LogP contribution in [0.25, 0.3) is 5.76 Å². The lowest BCUT2D eigenvalue weighted by atomic mass is 9.99. The SMILES string of the molecule is CCN(CC)CCN1C(=O)C(=O)C(=C(O)c2ccc(OC)cc2)[C@@H]1c1ccco1. The Morgan fingerprint density at radius 2 is 1.86 bits per heavy atom. The molecule has 2 aromatic rings. The number of aliphatic hydroxyl groups excluding tert-OH is 1. The first kappa shape index (κ1) is 20.7. The van der Waals surface area contributed by atoms with Crippen LogP contribution >= 0.6 is 0 Å². The number of rotatable bonds is 8. The van der Waals surface area contributed by atoms with Crippen LogP contribution in [0.4, 0.5) is 0 Å². The Morgan fingerprint density at radius 1 is 1.17 bits per heavy atom. The van der Waals surface area contributed by atoms with E-state index in [0.717, 1.165) is 13.1 Å². The molecule has 1 N–H and O–H groups in total. The van der Waals surface area contributed by atoms with Gasteiger partial charge in [-0.2, -0.15) is 0 Å². The molecule has 1 aliphatic heterocycles. The second-order valence-corrected chi connectivity index (χ2v) is 6.76. The molecule has 1 aliphatic rings. The summed E-state index contributed by atoms with van der Waals surface area (Å²) in [5.74, 6) is -0.492. The van der Waals surface area contributed by atoms with Gasteiger partial charge in [-0.05, 0) is 49.5 Å². The number of carbonyl (C=O) groups is 2. The van der Waals surface area contributed by atoms with Gasteiger partial charge in [0.25, 0.3) is 11.7 Å². The summed E-state index contributed by atoms with van der Waals surface area (Å²) in [6, 6.07) is 9.33. The number of hydrogen-bond acceptors (Lipinski definition) is 6. The van der Waals surface area contributed by atoms with Crippen molar-refractivity contribution in [2.75, 3.05) is 33.3 Å². The molecule has 1 aromatic carbocycles. The predicted molar refractivity (Wildman–Crippen MR) is 108 cm³/mol. The standard InChI is InChI=1S/C22H26N2O5/c1-4-23(5-2)12-13-24-19(17-7-6-14-29-17)18(21(26)22(24)27)20(25)15-8-10-16(28-3)11-9-15/h6-11,14,19,25H,4-5,12-13H2,1-3H3/t19-/m0/s1. The van der Waals surface area contributed by atoms with E-state index >= 15 is 0 Å². The summed E-state index contributed by atoms with van der Waals surface area (Å²) in [5.41, 5.74) is 0.471. The molecule has 1 aromatic heterocycles. The molecule has 7 nitrogen and oxygen atoms in total. The van der Waals surface area contributed by atoms with Crippen LogP contribution in [0.1, 0.15) is 31.2 Å². The molecule has 1 fully saturated rings. The topological polar surface area (TPSA) is 83.2 Å². The Morgan fingerprint density at radius 3 is 2.41 bits per heavy atom. The third-order valence-electron chi connectivity index (χ3n) is 5.27. The van der Waals surface area contributed by atoms with Crippen molar-refractivity contribution in [2.45, 2.75) is 19.9 Å². The van der Waals surface area contributed by atoms with E-state index in [2.05, 4.69) is 4.90 Å². The number of ketones is 1. The zero-order valence-electron chi connectivity index (χ0n) is 16.9. The van der Waals surface area contributed by atoms with Crippen molar-refractivity contribution in [3.63, 3.8) is 0 Å². The minimum absolute atomic E-state index is 0.0367. The zero-order valence-corrected chi connectivity index (χ0v) is 16.9. The molecule has 1 atom stereocenters. The number of methoxy groups -OCH3 is 1. The predicted octanol–water partition coefficient (Wildman–Crippen LogP) is 3.05. The Bertz CT molecular complexity index is 882. The monoisotopic (exact) mass is 398 g/mol. The highest BCUT2D eigenvalue weighted by Crippen LogP contribution is 2.39. The number of Topliss-reactive ketones (excluding diaryl/α,β-unsaturated/α-hetero) is 1. The molecule has 7 heteroatoms. The third-order valence-corrected chi connectivity index (χ3v) is 5.27. The molecule has 1 amide bonds. The quantitative estimate of drug-likeness (QED) is 0.418. The van der Waals surface area contributed by atoms with Crippen molar-refractivity contribution in [1.82, 2.24) is 9.80 Å². The molecule has 0 saturated carbocycles. The van der Waals surface area contributed by atoms with Crippen molar-refractivity contribution in [3.8, 4) is 5.75 Å². The number of aliphatic hydroxyl groups is 1. The second kappa shape index (κ2) is 8.96. The first-order valence-corrected chi connectivity index (χ1v) is 9.70. The highest BCUT2D eigenvalue weighted by molar-refractivity contribution is 6.46. The van der Waals surface area contributed by atoms with E-state index in [1.807, 2.05) is 13.8 Å². The van der Waals surface area contributed by atoms with Gasteiger partial charge in [-0.1, -0.05) is 13.8 Å². The number of likely N-dealkylation sites (tertiary alicyclic amines) is 1. The second-order valence-electron chi connectivity index (χ2n) is 6.76. The van der Waals surface area contributed by atoms with Gasteiger partial charge in [-0.25, -0.2) is 0 Å². The van der Waals surface area contributed by atoms with Gasteiger partial charge in [0.15, 0.2) is 0 Å². The van der Waals surface area contributed by atoms with Gasteiger partial charge >= 0.3 is 0 Å². The summed E-state index contributed by atoms with van der Waals surface area (Å²) < 4.78 is 10.7. The van der Waals surface area contributed by atoms with Crippen LogP contribution in [-0.4, -0.2) is 59.9 Å². The van der Waals surface area contributed by atoms with E-state index < -0.39 is 17.7 Å². The zero-order chi connectivity index (χ0) is 21.0. The fraction of sp³-hybridized carbons (Fsp3) is 0.364. The third kappa shape index (κ3) is 4.05. The van der Waals surface area contributed by atoms with Gasteiger partial charge < -0.3 is 24.1 Å². The van der Waals surface area contributed by atoms with Crippen LogP contribution in [0.2, 0.25) is 0 Å². The van der Waals surface area contributed by atoms with E-state index in [0.29, 0.717) is 30.2 Å². The molecule has 0 bridgehead atoms. The number of nitrogens with zero attached hydrogens (tertiary/aromatic N) is 2. The van der Waals surface area contributed by atoms with Crippen molar-refractivity contribution >= 4 is 17.4 Å². The number of benzene rings is 1. The number of furan rings is 1. The summed E-state index contributed by atoms with van der Waals surface area (Å²) in [7, 11) is 1.55. The number of hydrogen-bond donors (Lipinski definition) is 1.